The summed E-state index contributed by atoms with van der Waals surface area (Å²) >= 11 is 1.41. The summed E-state index contributed by atoms with van der Waals surface area (Å²) in [5.74, 6) is -0.786. The smallest absolute Gasteiger partial charge is 0.402 e. The van der Waals surface area contributed by atoms with Crippen LogP contribution in [0.4, 0.5) is 18.9 Å². The van der Waals surface area contributed by atoms with E-state index in [1.54, 1.807) is 0 Å². The number of nitrogens with zero attached hydrogens (tertiary/aromatic N) is 1. The first-order valence-corrected chi connectivity index (χ1v) is 7.05. The summed E-state index contributed by atoms with van der Waals surface area (Å²) in [6.07, 6.45) is -4.40. The van der Waals surface area contributed by atoms with Gasteiger partial charge in [0.05, 0.1) is 15.5 Å². The predicted molar refractivity (Wildman–Crippen MR) is 61.1 cm³/mol. The predicted octanol–water partition coefficient (Wildman–Crippen LogP) is 2.09. The maximum absolute atomic E-state index is 11.9. The van der Waals surface area contributed by atoms with Crippen molar-refractivity contribution in [3.63, 3.8) is 0 Å². The molecule has 0 amide bonds. The van der Waals surface area contributed by atoms with E-state index in [1.807, 2.05) is 0 Å². The minimum absolute atomic E-state index is 0.237. The van der Waals surface area contributed by atoms with Gasteiger partial charge >= 0.3 is 6.36 Å². The summed E-state index contributed by atoms with van der Waals surface area (Å²) in [5.41, 5.74) is 4.79. The number of alkyl halides is 3. The highest BCUT2D eigenvalue weighted by Gasteiger charge is 2.33. The molecule has 0 unspecified atom stereocenters. The summed E-state index contributed by atoms with van der Waals surface area (Å²) in [4.78, 5) is 3.26. The van der Waals surface area contributed by atoms with Crippen molar-refractivity contribution in [3.8, 4) is 5.75 Å². The molecule has 0 radical (unpaired) electrons. The molecule has 1 aromatic heterocycles. The molecule has 0 aromatic carbocycles. The zero-order valence-electron chi connectivity index (χ0n) is 7.62. The molecule has 1 heterocycles. The Morgan fingerprint density at radius 3 is 2.41 bits per heavy atom. The van der Waals surface area contributed by atoms with Gasteiger partial charge in [0.2, 0.25) is 0 Å². The molecule has 1 rings (SSSR count). The lowest BCUT2D eigenvalue weighted by Gasteiger charge is -2.12. The van der Waals surface area contributed by atoms with E-state index < -0.39 is 31.9 Å². The molecule has 0 aliphatic carbocycles. The van der Waals surface area contributed by atoms with Gasteiger partial charge in [0.15, 0.2) is 10.8 Å². The molecule has 0 spiro atoms. The SMILES string of the molecule is Nc1c(OC(F)(F)F)cnc(S(=O)(=O)Cl)c1I. The molecular weight excluding hydrogens is 399 g/mol. The number of nitrogen functional groups attached to an aromatic ring is 1. The van der Waals surface area contributed by atoms with E-state index in [9.17, 15) is 21.6 Å². The van der Waals surface area contributed by atoms with Crippen LogP contribution in [0.1, 0.15) is 0 Å². The third kappa shape index (κ3) is 3.74. The summed E-state index contributed by atoms with van der Waals surface area (Å²) in [6, 6.07) is 0. The summed E-state index contributed by atoms with van der Waals surface area (Å²) in [5, 5.41) is -0.619. The van der Waals surface area contributed by atoms with Gasteiger partial charge in [-0.1, -0.05) is 0 Å². The van der Waals surface area contributed by atoms with Crippen molar-refractivity contribution in [2.75, 3.05) is 5.73 Å². The molecule has 2 N–H and O–H groups in total. The fraction of sp³-hybridized carbons (Fsp3) is 0.167. The first kappa shape index (κ1) is 14.6. The van der Waals surface area contributed by atoms with Gasteiger partial charge in [0.25, 0.3) is 9.05 Å². The summed E-state index contributed by atoms with van der Waals surface area (Å²) in [6.45, 7) is 0. The standard InChI is InChI=1S/C6H3ClF3IN2O3S/c7-17(14,15)5-3(11)4(12)2(1-13-5)16-6(8,9)10/h1H,(H2,12,13). The van der Waals surface area contributed by atoms with Crippen LogP contribution in [0.25, 0.3) is 0 Å². The number of halogens is 5. The second-order valence-corrected chi connectivity index (χ2v) is 6.20. The maximum atomic E-state index is 11.9. The Bertz CT molecular complexity index is 548. The normalized spacial score (nSPS) is 12.5. The average Bonchev–Trinajstić information content (AvgIpc) is 2.08. The Balaban J connectivity index is 3.30. The van der Waals surface area contributed by atoms with Crippen LogP contribution in [-0.2, 0) is 9.05 Å². The van der Waals surface area contributed by atoms with Gasteiger partial charge in [-0.2, -0.15) is 0 Å². The molecule has 0 saturated carbocycles. The van der Waals surface area contributed by atoms with Gasteiger partial charge in [-0.15, -0.1) is 13.2 Å². The molecule has 11 heteroatoms. The molecule has 17 heavy (non-hydrogen) atoms. The zero-order valence-corrected chi connectivity index (χ0v) is 11.4. The van der Waals surface area contributed by atoms with Crippen LogP contribution in [0.15, 0.2) is 11.2 Å². The molecule has 96 valence electrons. The van der Waals surface area contributed by atoms with E-state index in [0.29, 0.717) is 6.20 Å². The van der Waals surface area contributed by atoms with Crippen LogP contribution in [0.5, 0.6) is 5.75 Å². The largest absolute Gasteiger partial charge is 0.573 e. The Labute approximate surface area is 112 Å². The van der Waals surface area contributed by atoms with Crippen LogP contribution in [0, 0.1) is 3.57 Å². The van der Waals surface area contributed by atoms with E-state index in [0.717, 1.165) is 0 Å². The van der Waals surface area contributed by atoms with E-state index in [-0.39, 0.29) is 3.57 Å². The molecule has 0 bridgehead atoms. The van der Waals surface area contributed by atoms with Gasteiger partial charge in [-0.3, -0.25) is 0 Å². The number of ether oxygens (including phenoxy) is 1. The topological polar surface area (TPSA) is 82.3 Å². The van der Waals surface area contributed by atoms with Gasteiger partial charge in [0, 0.05) is 10.7 Å². The third-order valence-corrected chi connectivity index (χ3v) is 4.11. The third-order valence-electron chi connectivity index (χ3n) is 1.45. The van der Waals surface area contributed by atoms with Gasteiger partial charge in [-0.25, -0.2) is 13.4 Å². The fourth-order valence-electron chi connectivity index (χ4n) is 0.843. The van der Waals surface area contributed by atoms with E-state index in [1.165, 1.54) is 22.6 Å². The lowest BCUT2D eigenvalue weighted by atomic mass is 10.4. The Morgan fingerprint density at radius 2 is 2.00 bits per heavy atom. The Kier molecular flexibility index (Phi) is 3.98. The minimum atomic E-state index is -4.94. The summed E-state index contributed by atoms with van der Waals surface area (Å²) in [7, 11) is 0.828. The number of hydrogen-bond acceptors (Lipinski definition) is 5. The highest BCUT2D eigenvalue weighted by Crippen LogP contribution is 2.34. The number of hydrogen-bond donors (Lipinski definition) is 1. The maximum Gasteiger partial charge on any atom is 0.573 e. The van der Waals surface area contributed by atoms with Crippen LogP contribution < -0.4 is 10.5 Å². The van der Waals surface area contributed by atoms with E-state index >= 15 is 0 Å². The lowest BCUT2D eigenvalue weighted by Crippen LogP contribution is -2.19. The highest BCUT2D eigenvalue weighted by atomic mass is 127. The first-order valence-electron chi connectivity index (χ1n) is 3.67. The van der Waals surface area contributed by atoms with Crippen molar-refractivity contribution in [2.24, 2.45) is 0 Å². The number of rotatable bonds is 2. The van der Waals surface area contributed by atoms with E-state index in [4.69, 9.17) is 16.4 Å². The van der Waals surface area contributed by atoms with Crippen molar-refractivity contribution < 1.29 is 26.3 Å². The van der Waals surface area contributed by atoms with Gasteiger partial charge < -0.3 is 10.5 Å². The Morgan fingerprint density at radius 1 is 1.47 bits per heavy atom. The second kappa shape index (κ2) is 4.65. The van der Waals surface area contributed by atoms with Crippen LogP contribution >= 0.6 is 33.3 Å². The first-order chi connectivity index (χ1) is 7.52. The molecule has 0 atom stereocenters. The van der Waals surface area contributed by atoms with Crippen molar-refractivity contribution in [2.45, 2.75) is 11.4 Å². The molecule has 0 fully saturated rings. The molecule has 0 aliphatic heterocycles. The zero-order chi connectivity index (χ0) is 13.4. The van der Waals surface area contributed by atoms with Crippen LogP contribution in [-0.4, -0.2) is 19.8 Å². The van der Waals surface area contributed by atoms with Crippen LogP contribution in [0.3, 0.4) is 0 Å². The van der Waals surface area contributed by atoms with Crippen molar-refractivity contribution in [1.82, 2.24) is 4.98 Å². The number of pyridine rings is 1. The fourth-order valence-corrected chi connectivity index (χ4v) is 3.36. The van der Waals surface area contributed by atoms with Crippen LogP contribution in [0.2, 0.25) is 0 Å². The number of aromatic nitrogens is 1. The summed E-state index contributed by atoms with van der Waals surface area (Å²) < 4.78 is 61.1. The van der Waals surface area contributed by atoms with Crippen molar-refractivity contribution in [1.29, 1.82) is 0 Å². The van der Waals surface area contributed by atoms with Gasteiger partial charge in [-0.05, 0) is 22.6 Å². The second-order valence-electron chi connectivity index (χ2n) is 2.64. The molecular formula is C6H3ClF3IN2O3S. The lowest BCUT2D eigenvalue weighted by molar-refractivity contribution is -0.274. The van der Waals surface area contributed by atoms with E-state index in [2.05, 4.69) is 9.72 Å². The van der Waals surface area contributed by atoms with Crippen molar-refractivity contribution in [3.05, 3.63) is 9.77 Å². The molecule has 5 nitrogen and oxygen atoms in total. The minimum Gasteiger partial charge on any atom is -0.402 e. The average molecular weight is 403 g/mol. The van der Waals surface area contributed by atoms with Crippen molar-refractivity contribution >= 4 is 48.0 Å². The Hall–Kier alpha value is -0.490. The quantitative estimate of drug-likeness (QED) is 0.605. The molecule has 0 aliphatic rings. The monoisotopic (exact) mass is 402 g/mol. The number of anilines is 1. The molecule has 1 aromatic rings. The number of nitrogens with two attached hydrogens (primary N) is 1. The highest BCUT2D eigenvalue weighted by molar-refractivity contribution is 14.1. The van der Waals surface area contributed by atoms with Gasteiger partial charge in [0.1, 0.15) is 0 Å². The molecule has 0 saturated heterocycles.